The van der Waals surface area contributed by atoms with Crippen LogP contribution in [0.4, 0.5) is 4.39 Å². The van der Waals surface area contributed by atoms with E-state index in [0.29, 0.717) is 24.6 Å². The molecule has 0 saturated heterocycles. The lowest BCUT2D eigenvalue weighted by Crippen LogP contribution is -2.31. The highest BCUT2D eigenvalue weighted by Gasteiger charge is 2.28. The quantitative estimate of drug-likeness (QED) is 0.785. The average molecular weight is 267 g/mol. The lowest BCUT2D eigenvalue weighted by atomic mass is 10.1. The van der Waals surface area contributed by atoms with Gasteiger partial charge in [0.1, 0.15) is 5.82 Å². The maximum atomic E-state index is 13.5. The Morgan fingerprint density at radius 3 is 2.74 bits per heavy atom. The van der Waals surface area contributed by atoms with E-state index in [9.17, 15) is 9.50 Å². The third-order valence-corrected chi connectivity index (χ3v) is 3.60. The van der Waals surface area contributed by atoms with Crippen LogP contribution in [0.25, 0.3) is 0 Å². The summed E-state index contributed by atoms with van der Waals surface area (Å²) in [6, 6.07) is 7.06. The summed E-state index contributed by atoms with van der Waals surface area (Å²) in [4.78, 5) is 2.33. The molecule has 19 heavy (non-hydrogen) atoms. The van der Waals surface area contributed by atoms with Crippen LogP contribution in [-0.4, -0.2) is 42.9 Å². The van der Waals surface area contributed by atoms with E-state index in [1.165, 1.54) is 18.9 Å². The number of methoxy groups -OCH3 is 1. The van der Waals surface area contributed by atoms with Crippen LogP contribution >= 0.6 is 0 Å². The summed E-state index contributed by atoms with van der Waals surface area (Å²) in [5, 5.41) is 10.1. The molecule has 106 valence electrons. The maximum Gasteiger partial charge on any atom is 0.128 e. The van der Waals surface area contributed by atoms with Gasteiger partial charge >= 0.3 is 0 Å². The largest absolute Gasteiger partial charge is 0.388 e. The Morgan fingerprint density at radius 1 is 1.37 bits per heavy atom. The van der Waals surface area contributed by atoms with Crippen LogP contribution in [0.3, 0.4) is 0 Å². The molecule has 0 spiro atoms. The summed E-state index contributed by atoms with van der Waals surface area (Å²) >= 11 is 0. The molecule has 0 amide bonds. The second-order valence-corrected chi connectivity index (χ2v) is 5.09. The summed E-state index contributed by atoms with van der Waals surface area (Å²) in [6.45, 7) is 2.36. The zero-order valence-corrected chi connectivity index (χ0v) is 11.4. The highest BCUT2D eigenvalue weighted by Crippen LogP contribution is 2.28. The van der Waals surface area contributed by atoms with E-state index in [0.717, 1.165) is 13.1 Å². The predicted octanol–water partition coefficient (Wildman–Crippen LogP) is 2.36. The van der Waals surface area contributed by atoms with Crippen LogP contribution < -0.4 is 0 Å². The van der Waals surface area contributed by atoms with E-state index in [4.69, 9.17) is 4.74 Å². The van der Waals surface area contributed by atoms with E-state index in [1.807, 2.05) is 0 Å². The summed E-state index contributed by atoms with van der Waals surface area (Å²) in [5.41, 5.74) is 0.394. The van der Waals surface area contributed by atoms with Crippen LogP contribution in [0, 0.1) is 5.82 Å². The van der Waals surface area contributed by atoms with Gasteiger partial charge in [-0.25, -0.2) is 4.39 Å². The molecular weight excluding hydrogens is 245 g/mol. The van der Waals surface area contributed by atoms with Gasteiger partial charge in [0, 0.05) is 31.8 Å². The number of hydrogen-bond donors (Lipinski definition) is 1. The van der Waals surface area contributed by atoms with Gasteiger partial charge in [-0.05, 0) is 25.3 Å². The molecule has 4 heteroatoms. The molecule has 0 aromatic heterocycles. The molecule has 1 unspecified atom stereocenters. The van der Waals surface area contributed by atoms with Crippen molar-refractivity contribution >= 4 is 0 Å². The van der Waals surface area contributed by atoms with Crippen molar-refractivity contribution in [1.29, 1.82) is 0 Å². The molecule has 1 aliphatic rings. The van der Waals surface area contributed by atoms with E-state index < -0.39 is 6.10 Å². The number of benzene rings is 1. The number of halogens is 1. The number of nitrogens with zero attached hydrogens (tertiary/aromatic N) is 1. The van der Waals surface area contributed by atoms with Gasteiger partial charge in [0.15, 0.2) is 0 Å². The van der Waals surface area contributed by atoms with Gasteiger partial charge in [0.25, 0.3) is 0 Å². The number of rotatable bonds is 8. The minimum atomic E-state index is -0.731. The van der Waals surface area contributed by atoms with Gasteiger partial charge in [-0.15, -0.1) is 0 Å². The molecule has 1 aromatic rings. The van der Waals surface area contributed by atoms with Gasteiger partial charge in [0.2, 0.25) is 0 Å². The van der Waals surface area contributed by atoms with Crippen molar-refractivity contribution in [3.05, 3.63) is 35.6 Å². The summed E-state index contributed by atoms with van der Waals surface area (Å²) in [5.74, 6) is -0.329. The van der Waals surface area contributed by atoms with Gasteiger partial charge in [0.05, 0.1) is 12.7 Å². The Morgan fingerprint density at radius 2 is 2.11 bits per heavy atom. The fourth-order valence-corrected chi connectivity index (χ4v) is 2.31. The monoisotopic (exact) mass is 267 g/mol. The normalized spacial score (nSPS) is 16.8. The molecule has 2 rings (SSSR count). The zero-order valence-electron chi connectivity index (χ0n) is 11.4. The fourth-order valence-electron chi connectivity index (χ4n) is 2.31. The molecule has 1 atom stereocenters. The van der Waals surface area contributed by atoms with Crippen molar-refractivity contribution in [1.82, 2.24) is 4.90 Å². The molecule has 1 N–H and O–H groups in total. The summed E-state index contributed by atoms with van der Waals surface area (Å²) < 4.78 is 18.6. The van der Waals surface area contributed by atoms with Crippen molar-refractivity contribution in [3.63, 3.8) is 0 Å². The number of aliphatic hydroxyl groups excluding tert-OH is 1. The topological polar surface area (TPSA) is 32.7 Å². The second-order valence-electron chi connectivity index (χ2n) is 5.09. The van der Waals surface area contributed by atoms with Gasteiger partial charge < -0.3 is 9.84 Å². The highest BCUT2D eigenvalue weighted by molar-refractivity contribution is 5.19. The summed E-state index contributed by atoms with van der Waals surface area (Å²) in [6.07, 6.45) is 2.27. The lowest BCUT2D eigenvalue weighted by Gasteiger charge is -2.23. The van der Waals surface area contributed by atoms with E-state index in [1.54, 1.807) is 25.3 Å². The molecule has 0 radical (unpaired) electrons. The van der Waals surface area contributed by atoms with E-state index >= 15 is 0 Å². The van der Waals surface area contributed by atoms with Crippen LogP contribution in [0.1, 0.15) is 30.9 Å². The zero-order chi connectivity index (χ0) is 13.7. The van der Waals surface area contributed by atoms with Crippen LogP contribution in [0.2, 0.25) is 0 Å². The highest BCUT2D eigenvalue weighted by atomic mass is 19.1. The van der Waals surface area contributed by atoms with Crippen LogP contribution in [0.5, 0.6) is 0 Å². The van der Waals surface area contributed by atoms with Gasteiger partial charge in [-0.1, -0.05) is 18.2 Å². The van der Waals surface area contributed by atoms with Gasteiger partial charge in [-0.2, -0.15) is 0 Å². The molecule has 1 aliphatic carbocycles. The Bertz CT molecular complexity index is 395. The lowest BCUT2D eigenvalue weighted by molar-refractivity contribution is 0.112. The second kappa shape index (κ2) is 6.98. The molecular formula is C15H22FNO2. The average Bonchev–Trinajstić information content (AvgIpc) is 3.23. The first-order chi connectivity index (χ1) is 9.22. The van der Waals surface area contributed by atoms with Crippen molar-refractivity contribution < 1.29 is 14.2 Å². The molecule has 3 nitrogen and oxygen atoms in total. The first-order valence-corrected chi connectivity index (χ1v) is 6.88. The summed E-state index contributed by atoms with van der Waals surface area (Å²) in [7, 11) is 1.69. The minimum absolute atomic E-state index is 0.329. The molecule has 0 heterocycles. The Balaban J connectivity index is 1.84. The molecule has 1 saturated carbocycles. The SMILES string of the molecule is COCCN(CCC(O)c1ccccc1F)C1CC1. The van der Waals surface area contributed by atoms with E-state index in [2.05, 4.69) is 4.90 Å². The van der Waals surface area contributed by atoms with Crippen molar-refractivity contribution in [3.8, 4) is 0 Å². The Labute approximate surface area is 114 Å². The number of ether oxygens (including phenoxy) is 1. The van der Waals surface area contributed by atoms with Crippen molar-refractivity contribution in [2.45, 2.75) is 31.4 Å². The first-order valence-electron chi connectivity index (χ1n) is 6.88. The van der Waals surface area contributed by atoms with Crippen LogP contribution in [-0.2, 0) is 4.74 Å². The predicted molar refractivity (Wildman–Crippen MR) is 72.4 cm³/mol. The Kier molecular flexibility index (Phi) is 5.31. The molecule has 0 aliphatic heterocycles. The third kappa shape index (κ3) is 4.27. The van der Waals surface area contributed by atoms with E-state index in [-0.39, 0.29) is 5.82 Å². The Hall–Kier alpha value is -0.970. The van der Waals surface area contributed by atoms with Crippen molar-refractivity contribution in [2.24, 2.45) is 0 Å². The molecule has 1 aromatic carbocycles. The van der Waals surface area contributed by atoms with Crippen LogP contribution in [0.15, 0.2) is 24.3 Å². The maximum absolute atomic E-state index is 13.5. The smallest absolute Gasteiger partial charge is 0.128 e. The first kappa shape index (κ1) is 14.4. The fraction of sp³-hybridized carbons (Fsp3) is 0.600. The minimum Gasteiger partial charge on any atom is -0.388 e. The third-order valence-electron chi connectivity index (χ3n) is 3.60. The number of hydrogen-bond acceptors (Lipinski definition) is 3. The van der Waals surface area contributed by atoms with Gasteiger partial charge in [-0.3, -0.25) is 4.90 Å². The number of aliphatic hydroxyl groups is 1. The standard InChI is InChI=1S/C15H22FNO2/c1-19-11-10-17(12-6-7-12)9-8-15(18)13-4-2-3-5-14(13)16/h2-5,12,15,18H,6-11H2,1H3. The molecule has 1 fully saturated rings. The van der Waals surface area contributed by atoms with Crippen molar-refractivity contribution in [2.75, 3.05) is 26.8 Å². The molecule has 0 bridgehead atoms.